The number of ether oxygens (including phenoxy) is 1. The SMILES string of the molecule is [2H]C[C@H]1O[C@@H](n2ccc(=O)[nH]c2=O)C(OP(OCCC#N)N(C(C)C)C(C)C)[C@H]1O[3H]. The van der Waals surface area contributed by atoms with Crippen molar-refractivity contribution in [3.8, 4) is 6.07 Å². The Hall–Kier alpha value is -1.60. The molecule has 0 saturated carbocycles. The molecule has 5 atom stereocenters. The molecule has 11 heteroatoms. The van der Waals surface area contributed by atoms with Crippen molar-refractivity contribution in [3.05, 3.63) is 33.1 Å². The van der Waals surface area contributed by atoms with E-state index in [0.717, 1.165) is 4.57 Å². The van der Waals surface area contributed by atoms with E-state index in [2.05, 4.69) is 4.98 Å². The number of aliphatic hydroxyl groups is 1. The molecule has 1 aromatic rings. The van der Waals surface area contributed by atoms with Gasteiger partial charge in [-0.15, -0.1) is 0 Å². The van der Waals surface area contributed by atoms with Crippen LogP contribution in [-0.4, -0.2) is 57.8 Å². The highest BCUT2D eigenvalue weighted by Gasteiger charge is 2.46. The predicted octanol–water partition coefficient (Wildman–Crippen LogP) is 1.48. The minimum atomic E-state index is -1.72. The summed E-state index contributed by atoms with van der Waals surface area (Å²) in [5.74, 6) is 0. The van der Waals surface area contributed by atoms with Crippen LogP contribution in [0.25, 0.3) is 0 Å². The van der Waals surface area contributed by atoms with Crippen molar-refractivity contribution < 1.29 is 20.3 Å². The first kappa shape index (κ1) is 20.7. The first-order valence-corrected chi connectivity index (χ1v) is 10.5. The second-order valence-corrected chi connectivity index (χ2v) is 8.57. The lowest BCUT2D eigenvalue weighted by Crippen LogP contribution is -2.40. The molecule has 10 nitrogen and oxygen atoms in total. The Balaban J connectivity index is 2.43. The van der Waals surface area contributed by atoms with Crippen molar-refractivity contribution in [2.45, 2.75) is 77.6 Å². The monoisotopic (exact) mass is 431 g/mol. The number of nitriles is 1. The van der Waals surface area contributed by atoms with E-state index in [1.807, 2.05) is 38.4 Å². The summed E-state index contributed by atoms with van der Waals surface area (Å²) in [7, 11) is -1.72. The van der Waals surface area contributed by atoms with Crippen molar-refractivity contribution in [2.75, 3.05) is 6.61 Å². The summed E-state index contributed by atoms with van der Waals surface area (Å²) >= 11 is 0. The molecule has 1 fully saturated rings. The molecule has 0 amide bonds. The normalized spacial score (nSPS) is 26.6. The van der Waals surface area contributed by atoms with Crippen LogP contribution in [0, 0.1) is 11.3 Å². The van der Waals surface area contributed by atoms with Gasteiger partial charge < -0.3 is 18.9 Å². The molecule has 2 heterocycles. The molecule has 0 spiro atoms. The number of aromatic nitrogens is 2. The Morgan fingerprint density at radius 1 is 1.52 bits per heavy atom. The third-order valence-electron chi connectivity index (χ3n) is 4.29. The Morgan fingerprint density at radius 3 is 2.79 bits per heavy atom. The highest BCUT2D eigenvalue weighted by molar-refractivity contribution is 7.44. The minimum Gasteiger partial charge on any atom is -0.388 e. The lowest BCUT2D eigenvalue weighted by Gasteiger charge is -2.37. The van der Waals surface area contributed by atoms with Crippen molar-refractivity contribution in [2.24, 2.45) is 0 Å². The van der Waals surface area contributed by atoms with Gasteiger partial charge >= 0.3 is 5.69 Å². The molecular weight excluding hydrogens is 399 g/mol. The van der Waals surface area contributed by atoms with Crippen LogP contribution in [0.1, 0.15) is 48.6 Å². The number of H-pyrrole nitrogens is 1. The van der Waals surface area contributed by atoms with E-state index >= 15 is 0 Å². The minimum absolute atomic E-state index is 0.0344. The van der Waals surface area contributed by atoms with Gasteiger partial charge in [-0.1, -0.05) is 0 Å². The average molecular weight is 431 g/mol. The highest BCUT2D eigenvalue weighted by Crippen LogP contribution is 2.50. The molecular formula is C18H29N4O6P. The maximum atomic E-state index is 12.4. The van der Waals surface area contributed by atoms with Gasteiger partial charge in [0.1, 0.15) is 12.2 Å². The fourth-order valence-electron chi connectivity index (χ4n) is 3.07. The molecule has 2 unspecified atom stereocenters. The molecule has 1 aliphatic heterocycles. The van der Waals surface area contributed by atoms with Crippen LogP contribution in [-0.2, 0) is 13.8 Å². The van der Waals surface area contributed by atoms with E-state index in [9.17, 15) is 9.59 Å². The lowest BCUT2D eigenvalue weighted by molar-refractivity contribution is -0.0315. The average Bonchev–Trinajstić information content (AvgIpc) is 3.04. The summed E-state index contributed by atoms with van der Waals surface area (Å²) in [5, 5.41) is 13.7. The largest absolute Gasteiger partial charge is 0.388 e. The standard InChI is InChI=1S/C18H29N4O6P/c1-11(2)22(12(3)4)29(26-10-6-8-19)28-16-15(24)13(5)27-17(16)21-9-7-14(23)20-18(21)25/h7,9,11-13,15-17,24H,6,10H2,1-5H3,(H,20,23,25)/t13-,15+,16?,17-,29?/m1/s1/i5D,24T. The zero-order valence-corrected chi connectivity index (χ0v) is 17.9. The molecule has 0 aliphatic carbocycles. The second kappa shape index (κ2) is 10.4. The van der Waals surface area contributed by atoms with E-state index in [-0.39, 0.29) is 32.0 Å². The fraction of sp³-hybridized carbons (Fsp3) is 0.722. The van der Waals surface area contributed by atoms with Gasteiger partial charge in [-0.05, 0) is 34.6 Å². The summed E-state index contributed by atoms with van der Waals surface area (Å²) in [6.45, 7) is 7.84. The van der Waals surface area contributed by atoms with Crippen molar-refractivity contribution in [1.82, 2.24) is 14.2 Å². The second-order valence-electron chi connectivity index (χ2n) is 7.16. The Kier molecular flexibility index (Phi) is 7.44. The van der Waals surface area contributed by atoms with Crippen molar-refractivity contribution in [3.63, 3.8) is 0 Å². The summed E-state index contributed by atoms with van der Waals surface area (Å²) < 4.78 is 36.4. The molecule has 162 valence electrons. The van der Waals surface area contributed by atoms with Crippen LogP contribution >= 0.6 is 8.53 Å². The molecule has 2 rings (SSSR count). The summed E-state index contributed by atoms with van der Waals surface area (Å²) in [6, 6.07) is 3.27. The highest BCUT2D eigenvalue weighted by atomic mass is 31.2. The topological polar surface area (TPSA) is 130 Å². The van der Waals surface area contributed by atoms with Gasteiger partial charge in [0.05, 0.1) is 25.2 Å². The van der Waals surface area contributed by atoms with Gasteiger partial charge in [0.15, 0.2) is 6.23 Å². The zero-order valence-electron chi connectivity index (χ0n) is 19.0. The maximum Gasteiger partial charge on any atom is 0.330 e. The van der Waals surface area contributed by atoms with Crippen molar-refractivity contribution in [1.29, 1.82) is 6.69 Å². The van der Waals surface area contributed by atoms with Crippen LogP contribution in [0.3, 0.4) is 0 Å². The van der Waals surface area contributed by atoms with Crippen molar-refractivity contribution >= 4 is 8.53 Å². The first-order chi connectivity index (χ1) is 14.7. The summed E-state index contributed by atoms with van der Waals surface area (Å²) in [4.78, 5) is 26.0. The molecule has 1 aliphatic rings. The van der Waals surface area contributed by atoms with Gasteiger partial charge in [0.2, 0.25) is 1.43 Å². The van der Waals surface area contributed by atoms with Gasteiger partial charge in [-0.3, -0.25) is 14.3 Å². The molecule has 0 radical (unpaired) electrons. The Morgan fingerprint density at radius 2 is 2.24 bits per heavy atom. The fourth-order valence-corrected chi connectivity index (χ4v) is 4.81. The predicted molar refractivity (Wildman–Crippen MR) is 107 cm³/mol. The van der Waals surface area contributed by atoms with E-state index in [0.29, 0.717) is 0 Å². The lowest BCUT2D eigenvalue weighted by atomic mass is 10.1. The molecule has 0 bridgehead atoms. The van der Waals surface area contributed by atoms with Crippen LogP contribution in [0.2, 0.25) is 0 Å². The van der Waals surface area contributed by atoms with Gasteiger partial charge in [-0.25, -0.2) is 9.46 Å². The van der Waals surface area contributed by atoms with E-state index in [4.69, 9.17) is 27.0 Å². The quantitative estimate of drug-likeness (QED) is 0.421. The van der Waals surface area contributed by atoms with E-state index < -0.39 is 44.3 Å². The molecule has 2 N–H and O–H groups in total. The zero-order chi connectivity index (χ0) is 23.1. The third-order valence-corrected chi connectivity index (χ3v) is 6.41. The van der Waals surface area contributed by atoms with Gasteiger partial charge in [-0.2, -0.15) is 5.26 Å². The van der Waals surface area contributed by atoms with E-state index in [1.54, 1.807) is 0 Å². The number of hydrogen-bond acceptors (Lipinski definition) is 8. The number of hydrogen-bond donors (Lipinski definition) is 2. The molecule has 1 aromatic heterocycles. The van der Waals surface area contributed by atoms with Crippen LogP contribution < -0.4 is 11.2 Å². The number of nitrogens with zero attached hydrogens (tertiary/aromatic N) is 3. The molecule has 1 saturated heterocycles. The summed E-state index contributed by atoms with van der Waals surface area (Å²) in [5.41, 5.74) is -1.27. The Labute approximate surface area is 173 Å². The summed E-state index contributed by atoms with van der Waals surface area (Å²) in [6.07, 6.45) is -2.35. The number of aliphatic hydroxyl groups excluding tert-OH is 1. The smallest absolute Gasteiger partial charge is 0.330 e. The van der Waals surface area contributed by atoms with Gasteiger partial charge in [0.25, 0.3) is 14.1 Å². The number of aromatic amines is 1. The Bertz CT molecular complexity index is 852. The number of nitrogens with one attached hydrogen (secondary N) is 1. The molecule has 29 heavy (non-hydrogen) atoms. The maximum absolute atomic E-state index is 12.4. The van der Waals surface area contributed by atoms with Crippen LogP contribution in [0.5, 0.6) is 0 Å². The van der Waals surface area contributed by atoms with Crippen LogP contribution in [0.4, 0.5) is 0 Å². The number of rotatable bonds is 10. The first-order valence-electron chi connectivity index (χ1n) is 10.5. The van der Waals surface area contributed by atoms with Gasteiger partial charge in [0, 0.05) is 25.7 Å². The van der Waals surface area contributed by atoms with E-state index in [1.165, 1.54) is 12.3 Å². The third kappa shape index (κ3) is 5.72. The molecule has 0 aromatic carbocycles. The van der Waals surface area contributed by atoms with Crippen LogP contribution in [0.15, 0.2) is 21.9 Å².